The Morgan fingerprint density at radius 2 is 1.00 bits per heavy atom. The number of hydrogen-bond donors (Lipinski definition) is 0. The minimum Gasteiger partial charge on any atom is -0.124 e. The van der Waals surface area contributed by atoms with E-state index in [2.05, 4.69) is 27.2 Å². The molecule has 0 bridgehead atoms. The average Bonchev–Trinajstić information content (AvgIpc) is 2.58. The van der Waals surface area contributed by atoms with E-state index in [1.807, 2.05) is 69.2 Å². The molecule has 0 aromatic carbocycles. The van der Waals surface area contributed by atoms with Gasteiger partial charge in [-0.05, 0) is 5.92 Å². The topological polar surface area (TPSA) is 0 Å². The van der Waals surface area contributed by atoms with Gasteiger partial charge in [-0.15, -0.1) is 12.8 Å². The summed E-state index contributed by atoms with van der Waals surface area (Å²) in [5.41, 5.74) is 0. The van der Waals surface area contributed by atoms with Crippen LogP contribution in [0.3, 0.4) is 0 Å². The fraction of sp³-hybridized carbons (Fsp3) is 0.895. The molecule has 0 aromatic rings. The molecule has 124 valence electrons. The molecule has 0 heterocycles. The van der Waals surface area contributed by atoms with Gasteiger partial charge in [0.25, 0.3) is 0 Å². The first kappa shape index (κ1) is 36.3. The van der Waals surface area contributed by atoms with Gasteiger partial charge in [0.15, 0.2) is 0 Å². The Labute approximate surface area is 130 Å². The van der Waals surface area contributed by atoms with Crippen molar-refractivity contribution in [2.24, 2.45) is 5.92 Å². The summed E-state index contributed by atoms with van der Waals surface area (Å²) in [4.78, 5) is 0. The van der Waals surface area contributed by atoms with Gasteiger partial charge in [0.1, 0.15) is 1.37 Å². The average molecular weight is 279 g/mol. The number of rotatable bonds is 3. The molecule has 0 aliphatic heterocycles. The largest absolute Gasteiger partial charge is 0.124 e. The minimum atomic E-state index is 0.949. The van der Waals surface area contributed by atoms with Crippen LogP contribution in [0.25, 0.3) is 0 Å². The van der Waals surface area contributed by atoms with E-state index in [0.717, 1.165) is 5.92 Å². The third kappa shape index (κ3) is 204. The van der Waals surface area contributed by atoms with E-state index in [9.17, 15) is 0 Å². The summed E-state index contributed by atoms with van der Waals surface area (Å²) < 4.78 is 5.74. The molecular formula is C19H48. The standard InChI is InChI=1S/C7H16.5C2H6.C2H2/c1-4-6-7(3)5-2;6*1-2/h7H,4-6H2,1-3H3;5*1-2H3;1-2H/i;;;;;;1T. The summed E-state index contributed by atoms with van der Waals surface area (Å²) in [5, 5.41) is 0. The molecule has 0 radical (unpaired) electrons. The monoisotopic (exact) mass is 278 g/mol. The molecule has 19 heavy (non-hydrogen) atoms. The lowest BCUT2D eigenvalue weighted by Crippen LogP contribution is -1.88. The Bertz CT molecular complexity index is 82.3. The van der Waals surface area contributed by atoms with Crippen LogP contribution in [0.2, 0.25) is 0 Å². The predicted octanol–water partition coefficient (Wildman–Crippen LogP) is 8.21. The Kier molecular flexibility index (Phi) is 297. The first-order chi connectivity index (χ1) is 9.72. The Hall–Kier alpha value is -0.440. The highest BCUT2D eigenvalue weighted by Gasteiger charge is 1.92. The van der Waals surface area contributed by atoms with E-state index in [-0.39, 0.29) is 0 Å². The minimum absolute atomic E-state index is 0.949. The van der Waals surface area contributed by atoms with Crippen LogP contribution in [0.1, 0.15) is 111 Å². The molecule has 0 fully saturated rings. The van der Waals surface area contributed by atoms with E-state index in [1.165, 1.54) is 25.7 Å². The number of hydrogen-bond acceptors (Lipinski definition) is 0. The van der Waals surface area contributed by atoms with Crippen molar-refractivity contribution in [3.63, 3.8) is 0 Å². The zero-order valence-corrected chi connectivity index (χ0v) is 16.8. The molecule has 0 amide bonds. The second-order valence-electron chi connectivity index (χ2n) is 2.30. The Morgan fingerprint density at radius 1 is 0.789 bits per heavy atom. The lowest BCUT2D eigenvalue weighted by Gasteiger charge is -2.02. The van der Waals surface area contributed by atoms with Gasteiger partial charge in [-0.3, -0.25) is 0 Å². The van der Waals surface area contributed by atoms with E-state index in [1.54, 1.807) is 0 Å². The third-order valence-corrected chi connectivity index (χ3v) is 1.48. The van der Waals surface area contributed by atoms with E-state index in [0.29, 0.717) is 0 Å². The Morgan fingerprint density at radius 3 is 1.05 bits per heavy atom. The highest BCUT2D eigenvalue weighted by molar-refractivity contribution is 4.47. The molecule has 0 aliphatic carbocycles. The molecule has 0 aliphatic rings. The van der Waals surface area contributed by atoms with Crippen LogP contribution in [0.4, 0.5) is 0 Å². The summed E-state index contributed by atoms with van der Waals surface area (Å²) >= 11 is 0. The summed E-state index contributed by atoms with van der Waals surface area (Å²) in [6.07, 6.45) is 9.85. The fourth-order valence-electron chi connectivity index (χ4n) is 0.697. The first-order valence-electron chi connectivity index (χ1n) is 9.10. The predicted molar refractivity (Wildman–Crippen MR) is 101 cm³/mol. The van der Waals surface area contributed by atoms with E-state index < -0.39 is 0 Å². The zero-order chi connectivity index (χ0) is 18.4. The van der Waals surface area contributed by atoms with Crippen molar-refractivity contribution in [3.8, 4) is 12.8 Å². The molecule has 1 atom stereocenters. The lowest BCUT2D eigenvalue weighted by molar-refractivity contribution is 0.509. The molecule has 1 unspecified atom stereocenters. The molecule has 0 heteroatoms. The summed E-state index contributed by atoms with van der Waals surface area (Å²) in [6, 6.07) is 0. The number of terminal acetylenes is 1. The smallest absolute Gasteiger partial charge is 0.124 e. The van der Waals surface area contributed by atoms with E-state index >= 15 is 0 Å². The molecule has 0 saturated heterocycles. The van der Waals surface area contributed by atoms with Crippen LogP contribution < -0.4 is 0 Å². The quantitative estimate of drug-likeness (QED) is 0.456. The van der Waals surface area contributed by atoms with Crippen molar-refractivity contribution < 1.29 is 1.37 Å². The molecule has 0 nitrogen and oxygen atoms in total. The maximum absolute atomic E-state index is 5.74. The lowest BCUT2D eigenvalue weighted by atomic mass is 10.0. The molecule has 0 spiro atoms. The van der Waals surface area contributed by atoms with Gasteiger partial charge >= 0.3 is 0 Å². The van der Waals surface area contributed by atoms with Gasteiger partial charge < -0.3 is 0 Å². The van der Waals surface area contributed by atoms with Crippen LogP contribution in [-0.4, -0.2) is 0 Å². The fourth-order valence-corrected chi connectivity index (χ4v) is 0.697. The molecule has 0 saturated carbocycles. The van der Waals surface area contributed by atoms with Crippen molar-refractivity contribution in [1.82, 2.24) is 0 Å². The van der Waals surface area contributed by atoms with Crippen molar-refractivity contribution >= 4 is 0 Å². The van der Waals surface area contributed by atoms with Gasteiger partial charge in [-0.1, -0.05) is 109 Å². The van der Waals surface area contributed by atoms with Gasteiger partial charge in [0.2, 0.25) is 0 Å². The van der Waals surface area contributed by atoms with Crippen LogP contribution in [-0.2, 0) is 0 Å². The Balaban J connectivity index is -0.0000000223. The van der Waals surface area contributed by atoms with E-state index in [4.69, 9.17) is 1.37 Å². The van der Waals surface area contributed by atoms with Crippen LogP contribution in [0.15, 0.2) is 0 Å². The molecular weight excluding hydrogens is 228 g/mol. The van der Waals surface area contributed by atoms with Crippen LogP contribution in [0, 0.1) is 18.7 Å². The van der Waals surface area contributed by atoms with Crippen molar-refractivity contribution in [1.29, 1.82) is 0 Å². The second-order valence-corrected chi connectivity index (χ2v) is 2.30. The normalized spacial score (nSPS) is 7.26. The first-order valence-corrected chi connectivity index (χ1v) is 8.60. The third-order valence-electron chi connectivity index (χ3n) is 1.48. The summed E-state index contributed by atoms with van der Waals surface area (Å²) in [6.45, 7) is 26.8. The highest BCUT2D eigenvalue weighted by atomic mass is 14.0. The van der Waals surface area contributed by atoms with Gasteiger partial charge in [-0.2, -0.15) is 0 Å². The molecule has 0 N–H and O–H groups in total. The highest BCUT2D eigenvalue weighted by Crippen LogP contribution is 2.07. The summed E-state index contributed by atoms with van der Waals surface area (Å²) in [7, 11) is 0. The molecule has 0 rings (SSSR count). The summed E-state index contributed by atoms with van der Waals surface area (Å²) in [5.74, 6) is 0.949. The maximum atomic E-state index is 5.74. The van der Waals surface area contributed by atoms with Crippen molar-refractivity contribution in [2.75, 3.05) is 0 Å². The van der Waals surface area contributed by atoms with Crippen molar-refractivity contribution in [3.05, 3.63) is 0 Å². The van der Waals surface area contributed by atoms with Gasteiger partial charge in [-0.25, -0.2) is 0 Å². The van der Waals surface area contributed by atoms with Crippen LogP contribution >= 0.6 is 0 Å². The maximum Gasteiger partial charge on any atom is 0.124 e. The van der Waals surface area contributed by atoms with Gasteiger partial charge in [0.05, 0.1) is 0 Å². The van der Waals surface area contributed by atoms with Gasteiger partial charge in [0, 0.05) is 0 Å². The second kappa shape index (κ2) is 156. The van der Waals surface area contributed by atoms with Crippen LogP contribution in [0.5, 0.6) is 0 Å². The SMILES string of the molecule is CC.CC.CC.CC.CC.CCCC(C)CC.[3H]C#C. The molecule has 0 aromatic heterocycles. The van der Waals surface area contributed by atoms with Crippen molar-refractivity contribution in [2.45, 2.75) is 109 Å². The zero-order valence-electron chi connectivity index (χ0n) is 17.8.